The van der Waals surface area contributed by atoms with Gasteiger partial charge in [-0.2, -0.15) is 0 Å². The number of carboxylic acids is 2. The van der Waals surface area contributed by atoms with Gasteiger partial charge in [-0.05, 0) is 63.3 Å². The van der Waals surface area contributed by atoms with Crippen molar-refractivity contribution in [1.29, 1.82) is 0 Å². The van der Waals surface area contributed by atoms with Crippen LogP contribution in [0, 0.1) is 5.92 Å². The maximum absolute atomic E-state index is 13.6. The molecule has 0 saturated heterocycles. The highest BCUT2D eigenvalue weighted by molar-refractivity contribution is 5.97. The minimum Gasteiger partial charge on any atom is -0.508 e. The maximum Gasteiger partial charge on any atom is 0.326 e. The second kappa shape index (κ2) is 22.2. The molecule has 9 atom stereocenters. The molecule has 0 radical (unpaired) electrons. The van der Waals surface area contributed by atoms with Crippen LogP contribution < -0.4 is 38.1 Å². The summed E-state index contributed by atoms with van der Waals surface area (Å²) >= 11 is 0. The van der Waals surface area contributed by atoms with E-state index >= 15 is 0 Å². The van der Waals surface area contributed by atoms with Gasteiger partial charge in [0.25, 0.3) is 0 Å². The highest BCUT2D eigenvalue weighted by atomic mass is 16.4. The second-order valence-corrected chi connectivity index (χ2v) is 12.6. The SMILES string of the molecule is CC[C@H](C)[C@H](NC(=O)[C@H](Cc1ccc(O)cc1)NC(=O)[C@@H](N)CC(=O)O)C(=O)N[C@H](C(=O)N[C@H](C(=O)N[C@@H](CCCCN)C(=O)O)[C@@H](C)O)[C@@H](C)O. The van der Waals surface area contributed by atoms with Crippen LogP contribution in [0.2, 0.25) is 0 Å². The van der Waals surface area contributed by atoms with E-state index in [4.69, 9.17) is 16.6 Å². The molecule has 0 spiro atoms. The van der Waals surface area contributed by atoms with E-state index in [0.717, 1.165) is 0 Å². The fraction of sp³-hybridized carbons (Fsp3) is 0.606. The Hall–Kier alpha value is -4.85. The van der Waals surface area contributed by atoms with Gasteiger partial charge in [-0.25, -0.2) is 4.79 Å². The van der Waals surface area contributed by atoms with Crippen LogP contribution in [0.15, 0.2) is 24.3 Å². The van der Waals surface area contributed by atoms with Crippen molar-refractivity contribution in [1.82, 2.24) is 26.6 Å². The average Bonchev–Trinajstić information content (AvgIpc) is 3.07. The predicted octanol–water partition coefficient (Wildman–Crippen LogP) is -2.82. The van der Waals surface area contributed by atoms with E-state index in [1.54, 1.807) is 13.8 Å². The van der Waals surface area contributed by atoms with Crippen molar-refractivity contribution in [3.63, 3.8) is 0 Å². The molecule has 5 amide bonds. The van der Waals surface area contributed by atoms with E-state index in [1.165, 1.54) is 38.1 Å². The van der Waals surface area contributed by atoms with Crippen LogP contribution >= 0.6 is 0 Å². The van der Waals surface area contributed by atoms with Gasteiger partial charge < -0.3 is 63.6 Å². The van der Waals surface area contributed by atoms with Crippen LogP contribution in [0.4, 0.5) is 0 Å². The zero-order valence-corrected chi connectivity index (χ0v) is 29.7. The van der Waals surface area contributed by atoms with Crippen molar-refractivity contribution in [2.45, 2.75) is 115 Å². The van der Waals surface area contributed by atoms with Crippen LogP contribution in [0.3, 0.4) is 0 Å². The number of aliphatic carboxylic acids is 2. The minimum atomic E-state index is -1.73. The number of unbranched alkanes of at least 4 members (excludes halogenated alkanes) is 1. The number of carboxylic acid groups (broad SMARTS) is 2. The smallest absolute Gasteiger partial charge is 0.326 e. The fourth-order valence-corrected chi connectivity index (χ4v) is 4.90. The van der Waals surface area contributed by atoms with E-state index in [1.807, 2.05) is 0 Å². The lowest BCUT2D eigenvalue weighted by atomic mass is 9.96. The number of phenols is 1. The summed E-state index contributed by atoms with van der Waals surface area (Å²) in [5.41, 5.74) is 11.6. The predicted molar refractivity (Wildman–Crippen MR) is 185 cm³/mol. The molecule has 1 rings (SSSR count). The molecule has 0 saturated carbocycles. The molecule has 292 valence electrons. The summed E-state index contributed by atoms with van der Waals surface area (Å²) < 4.78 is 0. The molecule has 0 aliphatic carbocycles. The Morgan fingerprint density at radius 2 is 1.17 bits per heavy atom. The topological polar surface area (TPSA) is 333 Å². The van der Waals surface area contributed by atoms with Crippen LogP contribution in [0.5, 0.6) is 5.75 Å². The highest BCUT2D eigenvalue weighted by Gasteiger charge is 2.37. The summed E-state index contributed by atoms with van der Waals surface area (Å²) in [6.45, 7) is 5.96. The summed E-state index contributed by atoms with van der Waals surface area (Å²) in [4.78, 5) is 89.1. The molecular weight excluding hydrogens is 686 g/mol. The lowest BCUT2D eigenvalue weighted by Gasteiger charge is -2.30. The Labute approximate surface area is 301 Å². The second-order valence-electron chi connectivity index (χ2n) is 12.6. The van der Waals surface area contributed by atoms with Crippen molar-refractivity contribution >= 4 is 41.5 Å². The molecule has 19 heteroatoms. The van der Waals surface area contributed by atoms with E-state index in [0.29, 0.717) is 31.4 Å². The molecule has 52 heavy (non-hydrogen) atoms. The molecule has 19 nitrogen and oxygen atoms in total. The Morgan fingerprint density at radius 1 is 0.692 bits per heavy atom. The van der Waals surface area contributed by atoms with Gasteiger partial charge in [-0.3, -0.25) is 28.8 Å². The number of hydrogen-bond donors (Lipinski definition) is 12. The van der Waals surface area contributed by atoms with E-state index in [-0.39, 0.29) is 18.6 Å². The number of aliphatic hydroxyl groups is 2. The first-order valence-corrected chi connectivity index (χ1v) is 16.9. The summed E-state index contributed by atoms with van der Waals surface area (Å²) in [6, 6.07) is -3.37. The van der Waals surface area contributed by atoms with Crippen molar-refractivity contribution < 1.29 is 59.1 Å². The lowest BCUT2D eigenvalue weighted by molar-refractivity contribution is -0.143. The van der Waals surface area contributed by atoms with Crippen molar-refractivity contribution in [2.75, 3.05) is 6.54 Å². The standard InChI is InChI=1S/C33H53N7O12/c1-5-16(2)25(38-29(47)23(14-19-9-11-20(43)12-10-19)37-28(46)21(35)15-24(44)45)30(48)39-27(18(4)42)32(50)40-26(17(3)41)31(49)36-22(33(51)52)8-6-7-13-34/h9-12,16-18,21-23,25-27,41-43H,5-8,13-15,34-35H2,1-4H3,(H,36,49)(H,37,46)(H,38,47)(H,39,48)(H,40,50)(H,44,45)(H,51,52)/t16-,17+,18+,21-,22-,23-,25-,26-,27-/m0/s1. The van der Waals surface area contributed by atoms with Crippen LogP contribution in [0.25, 0.3) is 0 Å². The third-order valence-electron chi connectivity index (χ3n) is 8.22. The zero-order valence-electron chi connectivity index (χ0n) is 29.7. The number of aromatic hydroxyl groups is 1. The first kappa shape index (κ1) is 45.2. The molecule has 0 aromatic heterocycles. The van der Waals surface area contributed by atoms with Crippen LogP contribution in [-0.4, -0.2) is 122 Å². The van der Waals surface area contributed by atoms with E-state index in [9.17, 15) is 54.0 Å². The van der Waals surface area contributed by atoms with Gasteiger partial charge in [0.15, 0.2) is 0 Å². The third-order valence-corrected chi connectivity index (χ3v) is 8.22. The number of rotatable bonds is 23. The summed E-state index contributed by atoms with van der Waals surface area (Å²) in [6.07, 6.45) is -2.77. The first-order chi connectivity index (χ1) is 24.3. The Kier molecular flexibility index (Phi) is 19.3. The molecule has 1 aromatic carbocycles. The number of nitrogens with two attached hydrogens (primary N) is 2. The molecule has 0 heterocycles. The number of hydrogen-bond acceptors (Lipinski definition) is 12. The van der Waals surface area contributed by atoms with Crippen molar-refractivity contribution in [2.24, 2.45) is 17.4 Å². The highest BCUT2D eigenvalue weighted by Crippen LogP contribution is 2.14. The number of phenolic OH excluding ortho intramolecular Hbond substituents is 1. The number of nitrogens with one attached hydrogen (secondary N) is 5. The monoisotopic (exact) mass is 739 g/mol. The van der Waals surface area contributed by atoms with Gasteiger partial charge in [0.05, 0.1) is 24.7 Å². The minimum absolute atomic E-state index is 0.0302. The summed E-state index contributed by atoms with van der Waals surface area (Å²) in [7, 11) is 0. The fourth-order valence-electron chi connectivity index (χ4n) is 4.90. The number of benzene rings is 1. The van der Waals surface area contributed by atoms with Crippen LogP contribution in [-0.2, 0) is 40.0 Å². The van der Waals surface area contributed by atoms with Crippen molar-refractivity contribution in [3.8, 4) is 5.75 Å². The number of aliphatic hydroxyl groups excluding tert-OH is 2. The zero-order chi connectivity index (χ0) is 39.7. The molecule has 1 aromatic rings. The molecule has 0 aliphatic heterocycles. The lowest BCUT2D eigenvalue weighted by Crippen LogP contribution is -2.63. The summed E-state index contributed by atoms with van der Waals surface area (Å²) in [5.74, 6) is -8.28. The number of carbonyl (C=O) groups excluding carboxylic acids is 5. The quantitative estimate of drug-likeness (QED) is 0.0504. The van der Waals surface area contributed by atoms with Gasteiger partial charge in [0.1, 0.15) is 36.0 Å². The van der Waals surface area contributed by atoms with Crippen molar-refractivity contribution in [3.05, 3.63) is 29.8 Å². The largest absolute Gasteiger partial charge is 0.508 e. The summed E-state index contributed by atoms with van der Waals surface area (Å²) in [5, 5.41) is 60.8. The molecule has 14 N–H and O–H groups in total. The Morgan fingerprint density at radius 3 is 1.63 bits per heavy atom. The van der Waals surface area contributed by atoms with Gasteiger partial charge in [0, 0.05) is 6.42 Å². The van der Waals surface area contributed by atoms with E-state index in [2.05, 4.69) is 26.6 Å². The maximum atomic E-state index is 13.6. The molecule has 0 fully saturated rings. The third kappa shape index (κ3) is 15.2. The Bertz CT molecular complexity index is 1380. The first-order valence-electron chi connectivity index (χ1n) is 16.9. The van der Waals surface area contributed by atoms with Gasteiger partial charge in [-0.15, -0.1) is 0 Å². The molecule has 0 aliphatic rings. The number of carbonyl (C=O) groups is 7. The van der Waals surface area contributed by atoms with Gasteiger partial charge in [-0.1, -0.05) is 32.4 Å². The van der Waals surface area contributed by atoms with Gasteiger partial charge >= 0.3 is 11.9 Å². The molecule has 0 unspecified atom stereocenters. The average molecular weight is 740 g/mol. The van der Waals surface area contributed by atoms with E-state index < -0.39 is 102 Å². The van der Waals surface area contributed by atoms with Gasteiger partial charge in [0.2, 0.25) is 29.5 Å². The molecule has 0 bridgehead atoms. The Balaban J connectivity index is 3.26. The molecular formula is C33H53N7O12. The van der Waals surface area contributed by atoms with Crippen LogP contribution in [0.1, 0.15) is 65.4 Å². The number of amides is 5. The normalized spacial score (nSPS) is 16.3.